The minimum absolute atomic E-state index is 0. The summed E-state index contributed by atoms with van der Waals surface area (Å²) in [6.45, 7) is 0. The topological polar surface area (TPSA) is 63.0 Å². The van der Waals surface area contributed by atoms with Gasteiger partial charge in [-0.3, -0.25) is 0 Å². The summed E-state index contributed by atoms with van der Waals surface area (Å²) in [6.07, 6.45) is 0. The third-order valence-corrected chi connectivity index (χ3v) is 0. The summed E-state index contributed by atoms with van der Waals surface area (Å²) in [5.74, 6) is 0. The predicted molar refractivity (Wildman–Crippen MR) is 7.23 cm³/mol. The number of hydrogen-bond donors (Lipinski definition) is 0. The molecule has 0 amide bonds. The van der Waals surface area contributed by atoms with Gasteiger partial charge >= 0.3 is 0 Å². The normalized spacial score (nSPS) is 0. The van der Waals surface area contributed by atoms with E-state index in [2.05, 4.69) is 0 Å². The fourth-order valence-corrected chi connectivity index (χ4v) is 0. The maximum atomic E-state index is 0. The molecule has 4 N–H and O–H groups in total. The van der Waals surface area contributed by atoms with Crippen molar-refractivity contribution in [2.24, 2.45) is 0 Å². The molecule has 0 saturated carbocycles. The summed E-state index contributed by atoms with van der Waals surface area (Å²) >= 11 is 0. The molecule has 0 radical (unpaired) electrons. The molecular formula is H4O2PtTi. The van der Waals surface area contributed by atoms with Gasteiger partial charge in [-0.1, -0.05) is 0 Å². The first-order chi connectivity index (χ1) is 0. The Balaban J connectivity index is 0. The maximum Gasteiger partial charge on any atom is 0 e. The van der Waals surface area contributed by atoms with Gasteiger partial charge < -0.3 is 11.0 Å². The van der Waals surface area contributed by atoms with Crippen LogP contribution in [-0.2, 0) is 42.8 Å². The van der Waals surface area contributed by atoms with Crippen LogP contribution < -0.4 is 0 Å². The maximum absolute atomic E-state index is 0. The van der Waals surface area contributed by atoms with Crippen molar-refractivity contribution in [3.8, 4) is 0 Å². The Kier molecular flexibility index (Phi) is 388. The second kappa shape index (κ2) is 27.3. The SMILES string of the molecule is O.O.[Pt].[Ti]. The van der Waals surface area contributed by atoms with Crippen molar-refractivity contribution in [2.75, 3.05) is 0 Å². The van der Waals surface area contributed by atoms with Crippen molar-refractivity contribution in [1.29, 1.82) is 0 Å². The number of rotatable bonds is 0. The van der Waals surface area contributed by atoms with Crippen LogP contribution in [0.2, 0.25) is 0 Å². The first-order valence-corrected chi connectivity index (χ1v) is 0. The van der Waals surface area contributed by atoms with Crippen LogP contribution in [0.4, 0.5) is 0 Å². The minimum Gasteiger partial charge on any atom is -0.412 e. The van der Waals surface area contributed by atoms with Crippen LogP contribution in [0.5, 0.6) is 0 Å². The average molecular weight is 279 g/mol. The molecular weight excluding hydrogens is 275 g/mol. The Morgan fingerprint density at radius 3 is 0.750 bits per heavy atom. The van der Waals surface area contributed by atoms with Gasteiger partial charge in [-0.15, -0.1) is 0 Å². The van der Waals surface area contributed by atoms with E-state index in [-0.39, 0.29) is 53.7 Å². The van der Waals surface area contributed by atoms with Gasteiger partial charge in [0.25, 0.3) is 0 Å². The molecule has 0 bridgehead atoms. The third kappa shape index (κ3) is 10.2. The molecule has 4 heavy (non-hydrogen) atoms. The van der Waals surface area contributed by atoms with Crippen LogP contribution in [-0.4, -0.2) is 11.0 Å². The molecule has 0 aromatic heterocycles. The Morgan fingerprint density at radius 2 is 0.750 bits per heavy atom. The summed E-state index contributed by atoms with van der Waals surface area (Å²) in [7, 11) is 0. The van der Waals surface area contributed by atoms with Crippen molar-refractivity contribution in [1.82, 2.24) is 0 Å². The Bertz CT molecular complexity index is 6.00. The van der Waals surface area contributed by atoms with Crippen LogP contribution in [0.3, 0.4) is 0 Å². The largest absolute Gasteiger partial charge is 0.412 e. The van der Waals surface area contributed by atoms with Gasteiger partial charge in [0.05, 0.1) is 0 Å². The van der Waals surface area contributed by atoms with E-state index in [1.165, 1.54) is 0 Å². The van der Waals surface area contributed by atoms with E-state index in [9.17, 15) is 0 Å². The second-order valence-corrected chi connectivity index (χ2v) is 0. The third-order valence-electron chi connectivity index (χ3n) is 0. The molecule has 0 spiro atoms. The summed E-state index contributed by atoms with van der Waals surface area (Å²) in [5, 5.41) is 0. The molecule has 0 unspecified atom stereocenters. The molecule has 0 aliphatic heterocycles. The van der Waals surface area contributed by atoms with Crippen LogP contribution >= 0.6 is 0 Å². The zero-order valence-electron chi connectivity index (χ0n) is 1.82. The van der Waals surface area contributed by atoms with E-state index in [1.807, 2.05) is 0 Å². The molecule has 0 aliphatic carbocycles. The van der Waals surface area contributed by atoms with E-state index in [0.29, 0.717) is 0 Å². The van der Waals surface area contributed by atoms with E-state index in [4.69, 9.17) is 0 Å². The van der Waals surface area contributed by atoms with Crippen molar-refractivity contribution in [3.05, 3.63) is 0 Å². The van der Waals surface area contributed by atoms with Gasteiger partial charge in [0.2, 0.25) is 0 Å². The fraction of sp³-hybridized carbons (Fsp3) is 0. The van der Waals surface area contributed by atoms with E-state index < -0.39 is 0 Å². The van der Waals surface area contributed by atoms with Gasteiger partial charge in [-0.2, -0.15) is 0 Å². The molecule has 0 saturated heterocycles. The summed E-state index contributed by atoms with van der Waals surface area (Å²) in [4.78, 5) is 0. The van der Waals surface area contributed by atoms with Crippen molar-refractivity contribution in [2.45, 2.75) is 0 Å². The zero-order chi connectivity index (χ0) is 0. The van der Waals surface area contributed by atoms with Gasteiger partial charge in [-0.25, -0.2) is 0 Å². The number of hydrogen-bond acceptors (Lipinski definition) is 0. The summed E-state index contributed by atoms with van der Waals surface area (Å²) in [5.41, 5.74) is 0. The minimum atomic E-state index is 0. The zero-order valence-corrected chi connectivity index (χ0v) is 5.65. The van der Waals surface area contributed by atoms with Crippen molar-refractivity contribution in [3.63, 3.8) is 0 Å². The molecule has 0 atom stereocenters. The standard InChI is InChI=1S/2H2O.Pt.Ti/h2*1H2;;. The van der Waals surface area contributed by atoms with Crippen LogP contribution in [0.15, 0.2) is 0 Å². The first kappa shape index (κ1) is 56.9. The molecule has 30 valence electrons. The quantitative estimate of drug-likeness (QED) is 0.477. The molecule has 0 aliphatic rings. The fourth-order valence-electron chi connectivity index (χ4n) is 0. The Labute approximate surface area is 53.7 Å². The first-order valence-electron chi connectivity index (χ1n) is 0. The van der Waals surface area contributed by atoms with E-state index in [1.54, 1.807) is 0 Å². The molecule has 0 fully saturated rings. The van der Waals surface area contributed by atoms with E-state index >= 15 is 0 Å². The molecule has 4 heteroatoms. The predicted octanol–water partition coefficient (Wildman–Crippen LogP) is -1.65. The molecule has 2 nitrogen and oxygen atoms in total. The van der Waals surface area contributed by atoms with Crippen molar-refractivity contribution >= 4 is 0 Å². The molecule has 0 aromatic carbocycles. The average Bonchev–Trinajstić information content (AvgIpc) is 0. The van der Waals surface area contributed by atoms with Gasteiger partial charge in [-0.05, 0) is 0 Å². The van der Waals surface area contributed by atoms with Gasteiger partial charge in [0, 0.05) is 42.8 Å². The summed E-state index contributed by atoms with van der Waals surface area (Å²) < 4.78 is 0. The second-order valence-electron chi connectivity index (χ2n) is 0. The Morgan fingerprint density at radius 1 is 0.750 bits per heavy atom. The van der Waals surface area contributed by atoms with Gasteiger partial charge in [0.15, 0.2) is 0 Å². The summed E-state index contributed by atoms with van der Waals surface area (Å²) in [6, 6.07) is 0. The van der Waals surface area contributed by atoms with Crippen LogP contribution in [0.25, 0.3) is 0 Å². The van der Waals surface area contributed by atoms with Gasteiger partial charge in [0.1, 0.15) is 0 Å². The van der Waals surface area contributed by atoms with Crippen molar-refractivity contribution < 1.29 is 53.7 Å². The molecule has 0 heterocycles. The molecule has 0 aromatic rings. The molecule has 0 rings (SSSR count). The van der Waals surface area contributed by atoms with Crippen LogP contribution in [0, 0.1) is 0 Å². The smallest absolute Gasteiger partial charge is 0 e. The van der Waals surface area contributed by atoms with Crippen LogP contribution in [0.1, 0.15) is 0 Å². The Hall–Kier alpha value is 1.32. The van der Waals surface area contributed by atoms with E-state index in [0.717, 1.165) is 0 Å². The monoisotopic (exact) mass is 279 g/mol.